The Morgan fingerprint density at radius 3 is 2.36 bits per heavy atom. The average Bonchev–Trinajstić information content (AvgIpc) is 3.61. The predicted molar refractivity (Wildman–Crippen MR) is 201 cm³/mol. The van der Waals surface area contributed by atoms with Gasteiger partial charge in [-0.25, -0.2) is 4.79 Å². The van der Waals surface area contributed by atoms with Crippen LogP contribution in [0.25, 0.3) is 0 Å². The molecule has 0 spiro atoms. The largest absolute Gasteiger partial charge is 0.456 e. The van der Waals surface area contributed by atoms with E-state index in [9.17, 15) is 29.7 Å². The van der Waals surface area contributed by atoms with Gasteiger partial charge in [0.25, 0.3) is 0 Å². The third kappa shape index (κ3) is 11.2. The van der Waals surface area contributed by atoms with E-state index in [1.807, 2.05) is 26.8 Å². The molecule has 1 amide bonds. The fourth-order valence-electron chi connectivity index (χ4n) is 9.29. The molecule has 11 heteroatoms. The van der Waals surface area contributed by atoms with Crippen LogP contribution in [0.3, 0.4) is 0 Å². The van der Waals surface area contributed by atoms with Gasteiger partial charge in [0.1, 0.15) is 24.0 Å². The summed E-state index contributed by atoms with van der Waals surface area (Å²) in [6.07, 6.45) is 7.29. The predicted octanol–water partition coefficient (Wildman–Crippen LogP) is 5.67. The first-order valence-electron chi connectivity index (χ1n) is 20.3. The number of rotatable bonds is 6. The summed E-state index contributed by atoms with van der Waals surface area (Å²) < 4.78 is 24.7. The van der Waals surface area contributed by atoms with Gasteiger partial charge < -0.3 is 39.2 Å². The summed E-state index contributed by atoms with van der Waals surface area (Å²) in [5.41, 5.74) is 1.97. The van der Waals surface area contributed by atoms with Crippen LogP contribution in [0.2, 0.25) is 0 Å². The number of Topliss-reactive ketones (excluding diaryl/α,β-unsaturated/α-hetero) is 1. The number of ketones is 1. The minimum absolute atomic E-state index is 0.0116. The second-order valence-corrected chi connectivity index (χ2v) is 16.9. The van der Waals surface area contributed by atoms with Crippen LogP contribution >= 0.6 is 0 Å². The van der Waals surface area contributed by atoms with Gasteiger partial charge in [0.2, 0.25) is 5.91 Å². The molecule has 2 saturated heterocycles. The number of carbonyl (C=O) groups is 3. The van der Waals surface area contributed by atoms with E-state index in [2.05, 4.69) is 26.8 Å². The standard InChI is InChI=1S/C42H69NO10/c1-9-11-31-19-25(2)18-26(3)20-36(50-7)40-37(51-8)22-29(6)42(49,53-40)24-38(47)43-17-10-12-32(43)41(48)52-39(27(4)13-15-33(31)44)28(5)21-30-14-16-34(45)35(46)23-30/h19,21,26-27,29-32,34-37,39-40,45-46,49H,9-18,20,22-24H2,1-8H3/b25-19+,28-21+. The molecule has 0 aromatic heterocycles. The number of ether oxygens (including phenoxy) is 4. The van der Waals surface area contributed by atoms with Crippen molar-refractivity contribution in [2.75, 3.05) is 20.8 Å². The highest BCUT2D eigenvalue weighted by atomic mass is 16.7. The van der Waals surface area contributed by atoms with Crippen molar-refractivity contribution in [2.24, 2.45) is 29.6 Å². The van der Waals surface area contributed by atoms with Gasteiger partial charge in [0.15, 0.2) is 5.79 Å². The highest BCUT2D eigenvalue weighted by Gasteiger charge is 2.51. The Bertz CT molecular complexity index is 1300. The van der Waals surface area contributed by atoms with Gasteiger partial charge in [0, 0.05) is 39.0 Å². The van der Waals surface area contributed by atoms with Crippen LogP contribution in [0.15, 0.2) is 23.3 Å². The minimum Gasteiger partial charge on any atom is -0.456 e. The van der Waals surface area contributed by atoms with E-state index < -0.39 is 54.2 Å². The fraction of sp³-hybridized carbons (Fsp3) is 0.833. The van der Waals surface area contributed by atoms with Crippen molar-refractivity contribution in [1.82, 2.24) is 4.90 Å². The van der Waals surface area contributed by atoms with E-state index in [4.69, 9.17) is 18.9 Å². The molecule has 4 aliphatic rings. The smallest absolute Gasteiger partial charge is 0.329 e. The van der Waals surface area contributed by atoms with E-state index in [0.717, 1.165) is 30.4 Å². The Hall–Kier alpha value is -2.15. The van der Waals surface area contributed by atoms with Crippen LogP contribution in [0.5, 0.6) is 0 Å². The Kier molecular flexibility index (Phi) is 16.1. The fourth-order valence-corrected chi connectivity index (χ4v) is 9.29. The summed E-state index contributed by atoms with van der Waals surface area (Å²) in [5.74, 6) is -3.14. The third-order valence-electron chi connectivity index (χ3n) is 12.5. The van der Waals surface area contributed by atoms with Gasteiger partial charge in [-0.1, -0.05) is 51.8 Å². The van der Waals surface area contributed by atoms with E-state index in [0.29, 0.717) is 64.3 Å². The molecular formula is C42H69NO10. The highest BCUT2D eigenvalue weighted by molar-refractivity contribution is 5.86. The minimum atomic E-state index is -1.79. The van der Waals surface area contributed by atoms with Gasteiger partial charge >= 0.3 is 5.97 Å². The number of carbonyl (C=O) groups excluding carboxylic acids is 3. The summed E-state index contributed by atoms with van der Waals surface area (Å²) in [6.45, 7) is 12.5. The molecule has 2 bridgehead atoms. The summed E-state index contributed by atoms with van der Waals surface area (Å²) in [6, 6.07) is -0.813. The molecule has 0 aromatic carbocycles. The van der Waals surface area contributed by atoms with Crippen LogP contribution in [0.1, 0.15) is 125 Å². The first-order valence-corrected chi connectivity index (χ1v) is 20.3. The highest BCUT2D eigenvalue weighted by Crippen LogP contribution is 2.40. The van der Waals surface area contributed by atoms with E-state index in [1.54, 1.807) is 14.2 Å². The zero-order chi connectivity index (χ0) is 39.0. The number of allylic oxidation sites excluding steroid dienone is 3. The number of esters is 1. The number of amides is 1. The molecule has 1 aliphatic carbocycles. The molecule has 13 atom stereocenters. The van der Waals surface area contributed by atoms with Crippen molar-refractivity contribution < 1.29 is 48.7 Å². The number of fused-ring (bicyclic) bond motifs is 3. The van der Waals surface area contributed by atoms with E-state index >= 15 is 0 Å². The second kappa shape index (κ2) is 19.6. The van der Waals surface area contributed by atoms with Gasteiger partial charge in [-0.3, -0.25) is 9.59 Å². The van der Waals surface area contributed by atoms with Crippen LogP contribution in [0.4, 0.5) is 0 Å². The lowest BCUT2D eigenvalue weighted by molar-refractivity contribution is -0.321. The molecule has 13 unspecified atom stereocenters. The number of aliphatic hydroxyl groups is 3. The number of nitrogens with zero attached hydrogens (tertiary/aromatic N) is 1. The number of cyclic esters (lactones) is 1. The van der Waals surface area contributed by atoms with Gasteiger partial charge in [-0.15, -0.1) is 0 Å². The Morgan fingerprint density at radius 1 is 1.00 bits per heavy atom. The molecule has 11 nitrogen and oxygen atoms in total. The molecule has 0 aromatic rings. The van der Waals surface area contributed by atoms with Crippen molar-refractivity contribution in [2.45, 2.75) is 173 Å². The Balaban J connectivity index is 1.69. The molecule has 3 fully saturated rings. The molecule has 4 rings (SSSR count). The van der Waals surface area contributed by atoms with Crippen LogP contribution < -0.4 is 0 Å². The van der Waals surface area contributed by atoms with E-state index in [1.165, 1.54) is 4.90 Å². The normalized spacial score (nSPS) is 41.6. The lowest BCUT2D eigenvalue weighted by Gasteiger charge is -2.47. The Labute approximate surface area is 317 Å². The molecule has 3 N–H and O–H groups in total. The maximum atomic E-state index is 14.1. The van der Waals surface area contributed by atoms with Crippen molar-refractivity contribution in [3.8, 4) is 0 Å². The van der Waals surface area contributed by atoms with Crippen molar-refractivity contribution in [3.05, 3.63) is 23.3 Å². The van der Waals surface area contributed by atoms with Gasteiger partial charge in [-0.05, 0) is 101 Å². The first-order chi connectivity index (χ1) is 25.1. The first kappa shape index (κ1) is 43.6. The summed E-state index contributed by atoms with van der Waals surface area (Å²) >= 11 is 0. The quantitative estimate of drug-likeness (QED) is 0.229. The van der Waals surface area contributed by atoms with Crippen molar-refractivity contribution in [1.29, 1.82) is 0 Å². The van der Waals surface area contributed by atoms with Crippen LogP contribution in [0, 0.1) is 29.6 Å². The second-order valence-electron chi connectivity index (χ2n) is 16.9. The summed E-state index contributed by atoms with van der Waals surface area (Å²) in [7, 11) is 3.25. The van der Waals surface area contributed by atoms with Crippen LogP contribution in [-0.2, 0) is 33.3 Å². The number of methoxy groups -OCH3 is 2. The van der Waals surface area contributed by atoms with Gasteiger partial charge in [0.05, 0.1) is 30.8 Å². The third-order valence-corrected chi connectivity index (χ3v) is 12.5. The van der Waals surface area contributed by atoms with Crippen LogP contribution in [-0.4, -0.2) is 107 Å². The zero-order valence-corrected chi connectivity index (χ0v) is 33.6. The molecule has 0 radical (unpaired) electrons. The van der Waals surface area contributed by atoms with Gasteiger partial charge in [-0.2, -0.15) is 0 Å². The number of aliphatic hydroxyl groups excluding tert-OH is 2. The van der Waals surface area contributed by atoms with Crippen molar-refractivity contribution >= 4 is 17.7 Å². The SMILES string of the molecule is CCCC1/C=C(\C)CC(C)CC(OC)C2OC(O)(CC(=O)N3CCCC3C(=O)OC(/C(C)=C/C3CCC(O)C(O)C3)C(C)CCC1=O)C(C)CC2OC. The molecular weight excluding hydrogens is 678 g/mol. The topological polar surface area (TPSA) is 152 Å². The maximum Gasteiger partial charge on any atom is 0.329 e. The monoisotopic (exact) mass is 747 g/mol. The van der Waals surface area contributed by atoms with Crippen molar-refractivity contribution in [3.63, 3.8) is 0 Å². The zero-order valence-electron chi connectivity index (χ0n) is 33.6. The molecule has 302 valence electrons. The molecule has 3 aliphatic heterocycles. The molecule has 3 heterocycles. The maximum absolute atomic E-state index is 14.1. The average molecular weight is 748 g/mol. The molecule has 53 heavy (non-hydrogen) atoms. The number of hydrogen-bond acceptors (Lipinski definition) is 10. The summed E-state index contributed by atoms with van der Waals surface area (Å²) in [5, 5.41) is 32.5. The van der Waals surface area contributed by atoms with E-state index in [-0.39, 0.29) is 47.9 Å². The lowest BCUT2D eigenvalue weighted by Crippen LogP contribution is -2.59. The molecule has 1 saturated carbocycles. The lowest BCUT2D eigenvalue weighted by atomic mass is 9.82. The summed E-state index contributed by atoms with van der Waals surface area (Å²) in [4.78, 5) is 43.4. The number of hydrogen-bond donors (Lipinski definition) is 3. The Morgan fingerprint density at radius 2 is 1.70 bits per heavy atom.